The van der Waals surface area contributed by atoms with Crippen molar-refractivity contribution in [1.82, 2.24) is 29.7 Å². The zero-order valence-electron chi connectivity index (χ0n) is 28.1. The second kappa shape index (κ2) is 13.3. The van der Waals surface area contributed by atoms with Crippen molar-refractivity contribution in [1.29, 1.82) is 0 Å². The first kappa shape index (κ1) is 33.5. The van der Waals surface area contributed by atoms with E-state index in [1.165, 1.54) is 0 Å². The number of carbonyl (C=O) groups is 3. The van der Waals surface area contributed by atoms with Crippen molar-refractivity contribution in [3.8, 4) is 0 Å². The molecule has 6 rings (SSSR count). The Kier molecular flexibility index (Phi) is 9.28. The van der Waals surface area contributed by atoms with Gasteiger partial charge in [-0.3, -0.25) is 14.4 Å². The Morgan fingerprint density at radius 2 is 1.73 bits per heavy atom. The molecule has 3 aliphatic rings. The predicted molar refractivity (Wildman–Crippen MR) is 181 cm³/mol. The van der Waals surface area contributed by atoms with Crippen LogP contribution in [0.5, 0.6) is 0 Å². The van der Waals surface area contributed by atoms with Gasteiger partial charge in [0.1, 0.15) is 23.8 Å². The number of hydrogen-bond acceptors (Lipinski definition) is 7. The van der Waals surface area contributed by atoms with Crippen molar-refractivity contribution >= 4 is 28.8 Å². The number of benzene rings is 2. The second-order valence-electron chi connectivity index (χ2n) is 14.0. The molecule has 0 saturated carbocycles. The quantitative estimate of drug-likeness (QED) is 0.263. The van der Waals surface area contributed by atoms with E-state index in [9.17, 15) is 19.5 Å². The molecule has 3 saturated heterocycles. The molecular weight excluding hydrogens is 608 g/mol. The Balaban J connectivity index is 1.41. The summed E-state index contributed by atoms with van der Waals surface area (Å²) >= 11 is 0. The monoisotopic (exact) mass is 654 g/mol. The summed E-state index contributed by atoms with van der Waals surface area (Å²) in [6, 6.07) is 15.5. The van der Waals surface area contributed by atoms with E-state index in [2.05, 4.69) is 23.5 Å². The van der Waals surface area contributed by atoms with E-state index in [-0.39, 0.29) is 43.5 Å². The number of rotatable bonds is 14. The number of likely N-dealkylation sites (tertiary alicyclic amines) is 1. The van der Waals surface area contributed by atoms with Crippen molar-refractivity contribution in [2.75, 3.05) is 19.7 Å². The molecule has 0 aliphatic carbocycles. The van der Waals surface area contributed by atoms with Crippen molar-refractivity contribution in [2.24, 2.45) is 17.8 Å². The largest absolute Gasteiger partial charge is 0.394 e. The fourth-order valence-corrected chi connectivity index (χ4v) is 8.35. The zero-order chi connectivity index (χ0) is 34.2. The van der Waals surface area contributed by atoms with Crippen LogP contribution in [0, 0.1) is 17.8 Å². The molecule has 2 aromatic carbocycles. The molecule has 0 radical (unpaired) electrons. The summed E-state index contributed by atoms with van der Waals surface area (Å²) in [5, 5.41) is 19.3. The summed E-state index contributed by atoms with van der Waals surface area (Å²) in [4.78, 5) is 49.4. The molecule has 3 aliphatic heterocycles. The van der Waals surface area contributed by atoms with Gasteiger partial charge in [-0.1, -0.05) is 73.7 Å². The number of aromatic nitrogens is 3. The van der Waals surface area contributed by atoms with Crippen LogP contribution in [0.1, 0.15) is 45.6 Å². The minimum absolute atomic E-state index is 0.0719. The molecule has 6 atom stereocenters. The maximum Gasteiger partial charge on any atom is 0.250 e. The first-order valence-electron chi connectivity index (χ1n) is 16.8. The lowest BCUT2D eigenvalue weighted by atomic mass is 9.66. The molecule has 254 valence electrons. The molecule has 48 heavy (non-hydrogen) atoms. The number of aliphatic hydroxyl groups excluding tert-OH is 1. The number of nitrogens with zero attached hydrogens (tertiary/aromatic N) is 6. The predicted octanol–water partition coefficient (Wildman–Crippen LogP) is 3.79. The first-order valence-corrected chi connectivity index (χ1v) is 16.8. The Labute approximate surface area is 281 Å². The molecule has 1 N–H and O–H groups in total. The van der Waals surface area contributed by atoms with Gasteiger partial charge in [-0.2, -0.15) is 0 Å². The normalized spacial score (nSPS) is 26.6. The third-order valence-corrected chi connectivity index (χ3v) is 10.3. The maximum atomic E-state index is 15.0. The molecule has 2 bridgehead atoms. The number of amides is 3. The highest BCUT2D eigenvalue weighted by Crippen LogP contribution is 2.64. The summed E-state index contributed by atoms with van der Waals surface area (Å²) in [6.07, 6.45) is 4.76. The van der Waals surface area contributed by atoms with Crippen LogP contribution in [-0.2, 0) is 32.3 Å². The molecule has 1 aromatic heterocycles. The minimum Gasteiger partial charge on any atom is -0.394 e. The number of hydrogen-bond donors (Lipinski definition) is 1. The van der Waals surface area contributed by atoms with Crippen molar-refractivity contribution in [3.05, 3.63) is 85.5 Å². The lowest BCUT2D eigenvalue weighted by molar-refractivity contribution is -0.157. The van der Waals surface area contributed by atoms with Gasteiger partial charge in [0.15, 0.2) is 0 Å². The SMILES string of the molecule is C=CCN(Cn1nnc2ccccc21)C(=O)C1N([C@@H](CO)CC(C)C)C(=O)[C@@H]2[C@H](C(=O)N(CC=C)Cc3ccccc3)[C@]3(C)CCC12O3. The molecular formula is C37H46N6O5. The van der Waals surface area contributed by atoms with E-state index >= 15 is 0 Å². The fraction of sp³-hybridized carbons (Fsp3) is 0.486. The molecule has 11 heteroatoms. The number of ether oxygens (including phenoxy) is 1. The summed E-state index contributed by atoms with van der Waals surface area (Å²) in [5.74, 6) is -2.42. The van der Waals surface area contributed by atoms with E-state index in [1.807, 2.05) is 75.4 Å². The van der Waals surface area contributed by atoms with Gasteiger partial charge in [0.25, 0.3) is 0 Å². The molecule has 11 nitrogen and oxygen atoms in total. The third-order valence-electron chi connectivity index (χ3n) is 10.3. The number of aliphatic hydroxyl groups is 1. The number of carbonyl (C=O) groups excluding carboxylic acids is 3. The van der Waals surface area contributed by atoms with E-state index in [0.29, 0.717) is 37.9 Å². The number of fused-ring (bicyclic) bond motifs is 2. The van der Waals surface area contributed by atoms with Gasteiger partial charge in [0.2, 0.25) is 17.7 Å². The van der Waals surface area contributed by atoms with Crippen LogP contribution in [0.15, 0.2) is 79.9 Å². The minimum atomic E-state index is -1.25. The summed E-state index contributed by atoms with van der Waals surface area (Å²) in [6.45, 7) is 14.3. The third kappa shape index (κ3) is 5.62. The lowest BCUT2D eigenvalue weighted by Gasteiger charge is -2.39. The average molecular weight is 655 g/mol. The van der Waals surface area contributed by atoms with E-state index < -0.39 is 35.1 Å². The molecule has 3 aromatic rings. The smallest absolute Gasteiger partial charge is 0.250 e. The van der Waals surface area contributed by atoms with Gasteiger partial charge in [-0.15, -0.1) is 18.3 Å². The van der Waals surface area contributed by atoms with Crippen LogP contribution < -0.4 is 0 Å². The maximum absolute atomic E-state index is 15.0. The van der Waals surface area contributed by atoms with Crippen LogP contribution in [0.25, 0.3) is 11.0 Å². The first-order chi connectivity index (χ1) is 23.1. The van der Waals surface area contributed by atoms with E-state index in [0.717, 1.165) is 11.1 Å². The fourth-order valence-electron chi connectivity index (χ4n) is 8.35. The molecule has 1 spiro atoms. The van der Waals surface area contributed by atoms with Crippen molar-refractivity contribution < 1.29 is 24.2 Å². The molecule has 2 unspecified atom stereocenters. The van der Waals surface area contributed by atoms with Crippen LogP contribution in [0.3, 0.4) is 0 Å². The molecule has 3 fully saturated rings. The van der Waals surface area contributed by atoms with Gasteiger partial charge < -0.3 is 24.5 Å². The highest BCUT2D eigenvalue weighted by Gasteiger charge is 2.78. The van der Waals surface area contributed by atoms with E-state index in [4.69, 9.17) is 4.74 Å². The highest BCUT2D eigenvalue weighted by atomic mass is 16.5. The van der Waals surface area contributed by atoms with Gasteiger partial charge >= 0.3 is 0 Å². The van der Waals surface area contributed by atoms with Gasteiger partial charge in [0, 0.05) is 19.6 Å². The van der Waals surface area contributed by atoms with Crippen LogP contribution >= 0.6 is 0 Å². The Morgan fingerprint density at radius 1 is 1.04 bits per heavy atom. The Hall–Kier alpha value is -4.35. The van der Waals surface area contributed by atoms with Crippen molar-refractivity contribution in [2.45, 2.75) is 76.5 Å². The van der Waals surface area contributed by atoms with Crippen LogP contribution in [0.4, 0.5) is 0 Å². The van der Waals surface area contributed by atoms with Crippen molar-refractivity contribution in [3.63, 3.8) is 0 Å². The summed E-state index contributed by atoms with van der Waals surface area (Å²) < 4.78 is 8.58. The topological polar surface area (TPSA) is 121 Å². The van der Waals surface area contributed by atoms with Crippen LogP contribution in [0.2, 0.25) is 0 Å². The summed E-state index contributed by atoms with van der Waals surface area (Å²) in [5.41, 5.74) is 0.228. The Bertz CT molecular complexity index is 1690. The second-order valence-corrected chi connectivity index (χ2v) is 14.0. The average Bonchev–Trinajstić information content (AvgIpc) is 3.78. The summed E-state index contributed by atoms with van der Waals surface area (Å²) in [7, 11) is 0. The zero-order valence-corrected chi connectivity index (χ0v) is 28.1. The molecule has 3 amide bonds. The number of para-hydroxylation sites is 1. The lowest BCUT2D eigenvalue weighted by Crippen LogP contribution is -2.59. The van der Waals surface area contributed by atoms with Gasteiger partial charge in [-0.05, 0) is 49.8 Å². The van der Waals surface area contributed by atoms with Crippen LogP contribution in [-0.4, -0.2) is 95.5 Å². The Morgan fingerprint density at radius 3 is 2.42 bits per heavy atom. The van der Waals surface area contributed by atoms with E-state index in [1.54, 1.807) is 31.5 Å². The molecule has 4 heterocycles. The standard InChI is InChI=1S/C37H46N6O5/c1-6-19-40(22-26-13-9-8-10-14-26)33(45)30-31-34(46)43(27(23-44)21-25(3)4)32(37(31)18-17-36(30,5)48-37)35(47)41(20-7-2)24-42-29-16-12-11-15-28(29)38-39-42/h6-16,25,27,30-32,44H,1-2,17-24H2,3-5H3/t27-,30-,31+,32?,36+,37?/m1/s1. The van der Waals surface area contributed by atoms with Gasteiger partial charge in [-0.25, -0.2) is 4.68 Å². The highest BCUT2D eigenvalue weighted by molar-refractivity contribution is 5.99. The van der Waals surface area contributed by atoms with Gasteiger partial charge in [0.05, 0.1) is 35.6 Å².